The Morgan fingerprint density at radius 1 is 1.41 bits per heavy atom. The molecule has 0 aliphatic carbocycles. The van der Waals surface area contributed by atoms with Gasteiger partial charge in [-0.15, -0.1) is 0 Å². The number of nitrogens with one attached hydrogen (secondary N) is 1. The molecule has 0 saturated carbocycles. The Labute approximate surface area is 99.0 Å². The van der Waals surface area contributed by atoms with Crippen molar-refractivity contribution in [3.05, 3.63) is 34.4 Å². The Morgan fingerprint density at radius 2 is 1.94 bits per heavy atom. The van der Waals surface area contributed by atoms with Crippen LogP contribution in [0.25, 0.3) is 0 Å². The van der Waals surface area contributed by atoms with Gasteiger partial charge in [-0.2, -0.15) is 0 Å². The second-order valence-electron chi connectivity index (χ2n) is 4.46. The highest BCUT2D eigenvalue weighted by molar-refractivity contribution is 5.75. The van der Waals surface area contributed by atoms with E-state index in [-0.39, 0.29) is 12.1 Å². The third-order valence-corrected chi connectivity index (χ3v) is 2.18. The molecule has 0 radical (unpaired) electrons. The Hall–Kier alpha value is -2.11. The molecule has 3 N–H and O–H groups in total. The first-order valence-electron chi connectivity index (χ1n) is 5.11. The Morgan fingerprint density at radius 3 is 2.35 bits per heavy atom. The first kappa shape index (κ1) is 13.0. The van der Waals surface area contributed by atoms with Gasteiger partial charge in [0, 0.05) is 29.8 Å². The highest BCUT2D eigenvalue weighted by Crippen LogP contribution is 2.20. The number of benzene rings is 1. The van der Waals surface area contributed by atoms with Crippen LogP contribution in [0.1, 0.15) is 20.3 Å². The summed E-state index contributed by atoms with van der Waals surface area (Å²) in [6.07, 6.45) is 0.185. The number of nitrogens with two attached hydrogens (primary N) is 1. The number of non-ortho nitro benzene ring substituents is 1. The van der Waals surface area contributed by atoms with E-state index in [2.05, 4.69) is 5.32 Å². The molecule has 0 aliphatic heterocycles. The smallest absolute Gasteiger partial charge is 0.269 e. The standard InChI is InChI=1S/C11H15N3O3/c1-11(2,7-10(12)15)13-8-3-5-9(6-4-8)14(16)17/h3-6,13H,7H2,1-2H3,(H2,12,15). The lowest BCUT2D eigenvalue weighted by Gasteiger charge is -2.26. The van der Waals surface area contributed by atoms with Crippen molar-refractivity contribution in [2.75, 3.05) is 5.32 Å². The first-order chi connectivity index (χ1) is 7.80. The second kappa shape index (κ2) is 4.82. The highest BCUT2D eigenvalue weighted by Gasteiger charge is 2.20. The third-order valence-electron chi connectivity index (χ3n) is 2.18. The first-order valence-corrected chi connectivity index (χ1v) is 5.11. The summed E-state index contributed by atoms with van der Waals surface area (Å²) in [6, 6.07) is 6.01. The van der Waals surface area contributed by atoms with Gasteiger partial charge in [0.25, 0.3) is 5.69 Å². The van der Waals surface area contributed by atoms with Crippen LogP contribution in [0.2, 0.25) is 0 Å². The fraction of sp³-hybridized carbons (Fsp3) is 0.364. The van der Waals surface area contributed by atoms with Gasteiger partial charge in [-0.1, -0.05) is 0 Å². The number of anilines is 1. The molecule has 1 aromatic carbocycles. The molecule has 0 aliphatic rings. The molecule has 1 amide bonds. The van der Waals surface area contributed by atoms with Crippen LogP contribution in [0, 0.1) is 10.1 Å². The second-order valence-corrected chi connectivity index (χ2v) is 4.46. The number of carbonyl (C=O) groups excluding carboxylic acids is 1. The number of hydrogen-bond donors (Lipinski definition) is 2. The predicted octanol–water partition coefficient (Wildman–Crippen LogP) is 1.66. The van der Waals surface area contributed by atoms with Gasteiger partial charge < -0.3 is 11.1 Å². The Balaban J connectivity index is 2.75. The summed E-state index contributed by atoms with van der Waals surface area (Å²) >= 11 is 0. The van der Waals surface area contributed by atoms with Gasteiger partial charge in [-0.25, -0.2) is 0 Å². The van der Waals surface area contributed by atoms with E-state index >= 15 is 0 Å². The molecule has 0 spiro atoms. The lowest BCUT2D eigenvalue weighted by molar-refractivity contribution is -0.384. The van der Waals surface area contributed by atoms with Crippen LogP contribution in [-0.2, 0) is 4.79 Å². The summed E-state index contributed by atoms with van der Waals surface area (Å²) in [7, 11) is 0. The molecule has 0 bridgehead atoms. The summed E-state index contributed by atoms with van der Waals surface area (Å²) < 4.78 is 0. The van der Waals surface area contributed by atoms with Crippen LogP contribution in [0.3, 0.4) is 0 Å². The maximum absolute atomic E-state index is 10.8. The summed E-state index contributed by atoms with van der Waals surface area (Å²) in [4.78, 5) is 20.8. The highest BCUT2D eigenvalue weighted by atomic mass is 16.6. The number of nitrogens with zero attached hydrogens (tertiary/aromatic N) is 1. The molecule has 0 saturated heterocycles. The Kier molecular flexibility index (Phi) is 3.67. The fourth-order valence-electron chi connectivity index (χ4n) is 1.54. The number of carbonyl (C=O) groups is 1. The number of hydrogen-bond acceptors (Lipinski definition) is 4. The maximum Gasteiger partial charge on any atom is 0.269 e. The minimum Gasteiger partial charge on any atom is -0.380 e. The van der Waals surface area contributed by atoms with E-state index in [1.807, 2.05) is 13.8 Å². The molecule has 0 heterocycles. The molecule has 6 heteroatoms. The van der Waals surface area contributed by atoms with E-state index < -0.39 is 16.4 Å². The van der Waals surface area contributed by atoms with Crippen molar-refractivity contribution in [3.63, 3.8) is 0 Å². The zero-order chi connectivity index (χ0) is 13.1. The number of nitro groups is 1. The van der Waals surface area contributed by atoms with Crippen molar-refractivity contribution >= 4 is 17.3 Å². The monoisotopic (exact) mass is 237 g/mol. The minimum absolute atomic E-state index is 0.0308. The summed E-state index contributed by atoms with van der Waals surface area (Å²) in [6.45, 7) is 3.67. The molecule has 6 nitrogen and oxygen atoms in total. The summed E-state index contributed by atoms with van der Waals surface area (Å²) in [5, 5.41) is 13.6. The predicted molar refractivity (Wildman–Crippen MR) is 64.6 cm³/mol. The van der Waals surface area contributed by atoms with Crippen molar-refractivity contribution in [3.8, 4) is 0 Å². The molecular formula is C11H15N3O3. The molecule has 0 aromatic heterocycles. The van der Waals surface area contributed by atoms with Gasteiger partial charge in [0.2, 0.25) is 5.91 Å². The molecule has 17 heavy (non-hydrogen) atoms. The van der Waals surface area contributed by atoms with Crippen molar-refractivity contribution in [2.24, 2.45) is 5.73 Å². The topological polar surface area (TPSA) is 98.3 Å². The largest absolute Gasteiger partial charge is 0.380 e. The third kappa shape index (κ3) is 4.10. The minimum atomic E-state index is -0.484. The molecule has 0 fully saturated rings. The van der Waals surface area contributed by atoms with E-state index in [1.54, 1.807) is 12.1 Å². The van der Waals surface area contributed by atoms with Gasteiger partial charge in [0.1, 0.15) is 0 Å². The number of primary amides is 1. The molecule has 1 aromatic rings. The van der Waals surface area contributed by atoms with E-state index in [4.69, 9.17) is 5.73 Å². The maximum atomic E-state index is 10.8. The zero-order valence-electron chi connectivity index (χ0n) is 9.77. The van der Waals surface area contributed by atoms with Gasteiger partial charge in [-0.05, 0) is 26.0 Å². The average Bonchev–Trinajstić information content (AvgIpc) is 2.15. The van der Waals surface area contributed by atoms with Gasteiger partial charge in [-0.3, -0.25) is 14.9 Å². The van der Waals surface area contributed by atoms with Crippen LogP contribution in [0.4, 0.5) is 11.4 Å². The van der Waals surface area contributed by atoms with Gasteiger partial charge in [0.05, 0.1) is 4.92 Å². The summed E-state index contributed by atoms with van der Waals surface area (Å²) in [5.41, 5.74) is 5.38. The van der Waals surface area contributed by atoms with E-state index in [0.717, 1.165) is 0 Å². The van der Waals surface area contributed by atoms with E-state index in [9.17, 15) is 14.9 Å². The fourth-order valence-corrected chi connectivity index (χ4v) is 1.54. The van der Waals surface area contributed by atoms with Gasteiger partial charge in [0.15, 0.2) is 0 Å². The van der Waals surface area contributed by atoms with Crippen LogP contribution >= 0.6 is 0 Å². The van der Waals surface area contributed by atoms with Crippen LogP contribution in [-0.4, -0.2) is 16.4 Å². The molecular weight excluding hydrogens is 222 g/mol. The quantitative estimate of drug-likeness (QED) is 0.601. The normalized spacial score (nSPS) is 10.9. The number of rotatable bonds is 5. The van der Waals surface area contributed by atoms with E-state index in [0.29, 0.717) is 5.69 Å². The van der Waals surface area contributed by atoms with Gasteiger partial charge >= 0.3 is 0 Å². The van der Waals surface area contributed by atoms with Crippen LogP contribution in [0.5, 0.6) is 0 Å². The van der Waals surface area contributed by atoms with Crippen molar-refractivity contribution in [1.82, 2.24) is 0 Å². The molecule has 0 atom stereocenters. The van der Waals surface area contributed by atoms with Crippen molar-refractivity contribution in [2.45, 2.75) is 25.8 Å². The van der Waals surface area contributed by atoms with Crippen LogP contribution < -0.4 is 11.1 Å². The summed E-state index contributed by atoms with van der Waals surface area (Å²) in [5.74, 6) is -0.399. The molecule has 92 valence electrons. The lowest BCUT2D eigenvalue weighted by Crippen LogP contribution is -2.35. The Bertz CT molecular complexity index is 426. The lowest BCUT2D eigenvalue weighted by atomic mass is 10.00. The number of amides is 1. The molecule has 0 unspecified atom stereocenters. The van der Waals surface area contributed by atoms with Crippen LogP contribution in [0.15, 0.2) is 24.3 Å². The zero-order valence-corrected chi connectivity index (χ0v) is 9.77. The average molecular weight is 237 g/mol. The SMILES string of the molecule is CC(C)(CC(N)=O)Nc1ccc([N+](=O)[O-])cc1. The number of nitro benzene ring substituents is 1. The van der Waals surface area contributed by atoms with Crippen molar-refractivity contribution < 1.29 is 9.72 Å². The van der Waals surface area contributed by atoms with Crippen molar-refractivity contribution in [1.29, 1.82) is 0 Å². The van der Waals surface area contributed by atoms with E-state index in [1.165, 1.54) is 12.1 Å². The molecule has 1 rings (SSSR count).